The van der Waals surface area contributed by atoms with Crippen molar-refractivity contribution in [2.45, 2.75) is 0 Å². The number of carbonyl (C=O) groups is 2. The third-order valence-corrected chi connectivity index (χ3v) is 4.60. The van der Waals surface area contributed by atoms with Gasteiger partial charge in [0, 0.05) is 29.1 Å². The SMILES string of the molecule is COC(=O)c1cccc(Nc2cc(C(=O)Nc3cncc(-c4ccccc4F)c3)ccn2)n1. The highest BCUT2D eigenvalue weighted by Crippen LogP contribution is 2.24. The fourth-order valence-electron chi connectivity index (χ4n) is 3.05. The average Bonchev–Trinajstić information content (AvgIpc) is 2.84. The Bertz CT molecular complexity index is 1330. The molecule has 0 atom stereocenters. The number of hydrogen-bond acceptors (Lipinski definition) is 7. The highest BCUT2D eigenvalue weighted by Gasteiger charge is 2.12. The molecule has 1 aromatic carbocycles. The number of ether oxygens (including phenoxy) is 1. The molecule has 0 radical (unpaired) electrons. The van der Waals surface area contributed by atoms with Crippen molar-refractivity contribution < 1.29 is 18.7 Å². The van der Waals surface area contributed by atoms with Crippen LogP contribution in [0.25, 0.3) is 11.1 Å². The Labute approximate surface area is 188 Å². The quantitative estimate of drug-likeness (QED) is 0.424. The van der Waals surface area contributed by atoms with Gasteiger partial charge in [-0.05, 0) is 36.4 Å². The zero-order chi connectivity index (χ0) is 23.2. The summed E-state index contributed by atoms with van der Waals surface area (Å²) in [4.78, 5) is 36.9. The maximum Gasteiger partial charge on any atom is 0.356 e. The lowest BCUT2D eigenvalue weighted by Gasteiger charge is -2.10. The lowest BCUT2D eigenvalue weighted by atomic mass is 10.1. The zero-order valence-electron chi connectivity index (χ0n) is 17.4. The summed E-state index contributed by atoms with van der Waals surface area (Å²) >= 11 is 0. The van der Waals surface area contributed by atoms with E-state index in [4.69, 9.17) is 0 Å². The number of halogens is 1. The number of esters is 1. The van der Waals surface area contributed by atoms with Crippen molar-refractivity contribution in [1.82, 2.24) is 15.0 Å². The van der Waals surface area contributed by atoms with Gasteiger partial charge in [-0.15, -0.1) is 0 Å². The number of nitrogens with zero attached hydrogens (tertiary/aromatic N) is 3. The second-order valence-corrected chi connectivity index (χ2v) is 6.85. The van der Waals surface area contributed by atoms with E-state index >= 15 is 0 Å². The zero-order valence-corrected chi connectivity index (χ0v) is 17.4. The van der Waals surface area contributed by atoms with Gasteiger partial charge in [0.25, 0.3) is 5.91 Å². The van der Waals surface area contributed by atoms with Gasteiger partial charge in [0.2, 0.25) is 0 Å². The van der Waals surface area contributed by atoms with Gasteiger partial charge < -0.3 is 15.4 Å². The lowest BCUT2D eigenvalue weighted by Crippen LogP contribution is -2.13. The second kappa shape index (κ2) is 9.65. The Morgan fingerprint density at radius 3 is 2.64 bits per heavy atom. The maximum atomic E-state index is 14.1. The summed E-state index contributed by atoms with van der Waals surface area (Å²) in [6, 6.07) is 15.9. The molecule has 0 unspecified atom stereocenters. The summed E-state index contributed by atoms with van der Waals surface area (Å²) in [5, 5.41) is 5.71. The minimum Gasteiger partial charge on any atom is -0.464 e. The van der Waals surface area contributed by atoms with E-state index in [1.54, 1.807) is 42.5 Å². The standard InChI is InChI=1S/C24H18FN5O3/c1-33-24(32)20-7-4-8-21(29-20)30-22-12-15(9-10-27-22)23(31)28-17-11-16(13-26-14-17)18-5-2-3-6-19(18)25/h2-14H,1H3,(H,28,31)(H,27,29,30). The van der Waals surface area contributed by atoms with Crippen LogP contribution in [0, 0.1) is 5.82 Å². The summed E-state index contributed by atoms with van der Waals surface area (Å²) in [7, 11) is 1.27. The number of methoxy groups -OCH3 is 1. The molecule has 4 rings (SSSR count). The molecule has 0 aliphatic heterocycles. The number of anilines is 3. The van der Waals surface area contributed by atoms with Crippen molar-refractivity contribution in [1.29, 1.82) is 0 Å². The number of carbonyl (C=O) groups excluding carboxylic acids is 2. The number of rotatable bonds is 6. The van der Waals surface area contributed by atoms with Crippen molar-refractivity contribution in [3.05, 3.63) is 96.3 Å². The first-order chi connectivity index (χ1) is 16.0. The molecule has 0 saturated carbocycles. The normalized spacial score (nSPS) is 10.4. The van der Waals surface area contributed by atoms with E-state index in [1.807, 2.05) is 0 Å². The van der Waals surface area contributed by atoms with E-state index in [1.165, 1.54) is 43.9 Å². The van der Waals surface area contributed by atoms with E-state index in [2.05, 4.69) is 30.3 Å². The van der Waals surface area contributed by atoms with Crippen LogP contribution in [-0.4, -0.2) is 33.9 Å². The predicted octanol–water partition coefficient (Wildman–Crippen LogP) is 4.46. The summed E-state index contributed by atoms with van der Waals surface area (Å²) in [6.45, 7) is 0. The molecule has 1 amide bonds. The number of amides is 1. The maximum absolute atomic E-state index is 14.1. The predicted molar refractivity (Wildman–Crippen MR) is 121 cm³/mol. The molecular formula is C24H18FN5O3. The summed E-state index contributed by atoms with van der Waals surface area (Å²) in [6.07, 6.45) is 4.47. The van der Waals surface area contributed by atoms with Crippen LogP contribution in [0.15, 0.2) is 79.3 Å². The lowest BCUT2D eigenvalue weighted by molar-refractivity contribution is 0.0594. The Morgan fingerprint density at radius 1 is 0.970 bits per heavy atom. The smallest absolute Gasteiger partial charge is 0.356 e. The van der Waals surface area contributed by atoms with E-state index < -0.39 is 11.9 Å². The molecule has 0 spiro atoms. The van der Waals surface area contributed by atoms with E-state index in [-0.39, 0.29) is 11.5 Å². The molecule has 8 nitrogen and oxygen atoms in total. The summed E-state index contributed by atoms with van der Waals surface area (Å²) in [5.41, 5.74) is 1.81. The van der Waals surface area contributed by atoms with Gasteiger partial charge in [0.1, 0.15) is 17.5 Å². The van der Waals surface area contributed by atoms with Gasteiger partial charge in [0.15, 0.2) is 5.69 Å². The first kappa shape index (κ1) is 21.6. The van der Waals surface area contributed by atoms with Crippen LogP contribution in [-0.2, 0) is 4.74 Å². The van der Waals surface area contributed by atoms with Crippen LogP contribution in [0.3, 0.4) is 0 Å². The van der Waals surface area contributed by atoms with E-state index in [0.717, 1.165) is 0 Å². The molecular weight excluding hydrogens is 425 g/mol. The van der Waals surface area contributed by atoms with E-state index in [0.29, 0.717) is 34.0 Å². The minimum absolute atomic E-state index is 0.138. The Morgan fingerprint density at radius 2 is 1.82 bits per heavy atom. The Hall–Kier alpha value is -4.66. The fraction of sp³-hybridized carbons (Fsp3) is 0.0417. The topological polar surface area (TPSA) is 106 Å². The first-order valence-corrected chi connectivity index (χ1v) is 9.83. The number of benzene rings is 1. The van der Waals surface area contributed by atoms with Gasteiger partial charge in [0.05, 0.1) is 19.0 Å². The Kier molecular flexibility index (Phi) is 6.31. The number of hydrogen-bond donors (Lipinski definition) is 2. The highest BCUT2D eigenvalue weighted by atomic mass is 19.1. The van der Waals surface area contributed by atoms with Gasteiger partial charge in [-0.25, -0.2) is 19.2 Å². The molecule has 2 N–H and O–H groups in total. The summed E-state index contributed by atoms with van der Waals surface area (Å²) in [5.74, 6) is -0.618. The molecule has 3 aromatic heterocycles. The van der Waals surface area contributed by atoms with Gasteiger partial charge in [-0.1, -0.05) is 24.3 Å². The number of pyridine rings is 3. The molecule has 9 heteroatoms. The van der Waals surface area contributed by atoms with Crippen molar-refractivity contribution in [3.63, 3.8) is 0 Å². The van der Waals surface area contributed by atoms with Crippen LogP contribution < -0.4 is 10.6 Å². The third kappa shape index (κ3) is 5.16. The highest BCUT2D eigenvalue weighted by molar-refractivity contribution is 6.04. The molecule has 0 aliphatic rings. The fourth-order valence-corrected chi connectivity index (χ4v) is 3.05. The molecule has 0 fully saturated rings. The van der Waals surface area contributed by atoms with Gasteiger partial charge in [-0.3, -0.25) is 9.78 Å². The molecule has 3 heterocycles. The molecule has 0 bridgehead atoms. The van der Waals surface area contributed by atoms with Crippen LogP contribution in [0.2, 0.25) is 0 Å². The number of aromatic nitrogens is 3. The van der Waals surface area contributed by atoms with Gasteiger partial charge in [-0.2, -0.15) is 0 Å². The number of nitrogens with one attached hydrogen (secondary N) is 2. The second-order valence-electron chi connectivity index (χ2n) is 6.85. The molecule has 164 valence electrons. The van der Waals surface area contributed by atoms with Crippen LogP contribution >= 0.6 is 0 Å². The average molecular weight is 443 g/mol. The van der Waals surface area contributed by atoms with Crippen LogP contribution in [0.4, 0.5) is 21.7 Å². The van der Waals surface area contributed by atoms with E-state index in [9.17, 15) is 14.0 Å². The molecule has 4 aromatic rings. The van der Waals surface area contributed by atoms with Crippen molar-refractivity contribution in [3.8, 4) is 11.1 Å². The molecule has 33 heavy (non-hydrogen) atoms. The minimum atomic E-state index is -0.564. The van der Waals surface area contributed by atoms with Crippen molar-refractivity contribution in [2.24, 2.45) is 0 Å². The van der Waals surface area contributed by atoms with Gasteiger partial charge >= 0.3 is 5.97 Å². The Balaban J connectivity index is 1.50. The van der Waals surface area contributed by atoms with Crippen LogP contribution in [0.1, 0.15) is 20.8 Å². The molecule has 0 aliphatic carbocycles. The monoisotopic (exact) mass is 443 g/mol. The third-order valence-electron chi connectivity index (χ3n) is 4.60. The van der Waals surface area contributed by atoms with Crippen molar-refractivity contribution >= 4 is 29.2 Å². The summed E-state index contributed by atoms with van der Waals surface area (Å²) < 4.78 is 18.8. The van der Waals surface area contributed by atoms with Crippen molar-refractivity contribution in [2.75, 3.05) is 17.7 Å². The first-order valence-electron chi connectivity index (χ1n) is 9.83. The molecule has 0 saturated heterocycles. The largest absolute Gasteiger partial charge is 0.464 e. The van der Waals surface area contributed by atoms with Crippen LogP contribution in [0.5, 0.6) is 0 Å².